The number of ether oxygens (including phenoxy) is 1. The molecular formula is C11H7BrN4O5S. The molecule has 2 aromatic heterocycles. The number of hydrogen-bond acceptors (Lipinski definition) is 8. The molecule has 0 bridgehead atoms. The summed E-state index contributed by atoms with van der Waals surface area (Å²) < 4.78 is 5.40. The van der Waals surface area contributed by atoms with E-state index in [-0.39, 0.29) is 15.7 Å². The smallest absolute Gasteiger partial charge is 0.345 e. The van der Waals surface area contributed by atoms with Crippen molar-refractivity contribution in [2.45, 2.75) is 0 Å². The van der Waals surface area contributed by atoms with Gasteiger partial charge in [-0.05, 0) is 33.3 Å². The summed E-state index contributed by atoms with van der Waals surface area (Å²) in [5.41, 5.74) is 0.187. The van der Waals surface area contributed by atoms with Crippen molar-refractivity contribution in [1.82, 2.24) is 9.97 Å². The summed E-state index contributed by atoms with van der Waals surface area (Å²) in [5, 5.41) is 12.6. The van der Waals surface area contributed by atoms with Gasteiger partial charge in [-0.1, -0.05) is 0 Å². The molecule has 0 saturated heterocycles. The molecule has 0 aliphatic rings. The van der Waals surface area contributed by atoms with Gasteiger partial charge in [-0.3, -0.25) is 25.2 Å². The molecule has 114 valence electrons. The maximum absolute atomic E-state index is 11.7. The van der Waals surface area contributed by atoms with Crippen molar-refractivity contribution in [3.63, 3.8) is 0 Å². The highest BCUT2D eigenvalue weighted by Gasteiger charge is 2.15. The Kier molecular flexibility index (Phi) is 5.12. The predicted octanol–water partition coefficient (Wildman–Crippen LogP) is 2.00. The molecule has 9 nitrogen and oxygen atoms in total. The Bertz CT molecular complexity index is 735. The first-order valence-corrected chi connectivity index (χ1v) is 7.24. The quantitative estimate of drug-likeness (QED) is 0.473. The number of carbonyl (C=O) groups is 2. The number of nitrogens with zero attached hydrogens (tertiary/aromatic N) is 3. The Labute approximate surface area is 135 Å². The standard InChI is InChI=1S/C11H7BrN4O5S/c12-7-1-6(2-13-3-7)10(18)21-5-8(17)15-11-14-4-9(22-11)16(19)20/h1-4H,5H2,(H,14,15,17). The van der Waals surface area contributed by atoms with Gasteiger partial charge >= 0.3 is 11.0 Å². The maximum atomic E-state index is 11.7. The van der Waals surface area contributed by atoms with Crippen molar-refractivity contribution in [3.8, 4) is 0 Å². The summed E-state index contributed by atoms with van der Waals surface area (Å²) in [5.74, 6) is -1.37. The number of aromatic nitrogens is 2. The van der Waals surface area contributed by atoms with Crippen LogP contribution in [0, 0.1) is 10.1 Å². The van der Waals surface area contributed by atoms with Crippen molar-refractivity contribution in [2.24, 2.45) is 0 Å². The van der Waals surface area contributed by atoms with Gasteiger partial charge in [0.15, 0.2) is 11.7 Å². The van der Waals surface area contributed by atoms with Crippen LogP contribution in [-0.2, 0) is 9.53 Å². The van der Waals surface area contributed by atoms with Crippen LogP contribution in [-0.4, -0.2) is 33.4 Å². The second-order valence-corrected chi connectivity index (χ2v) is 5.70. The van der Waals surface area contributed by atoms with Crippen LogP contribution in [0.5, 0.6) is 0 Å². The molecule has 0 unspecified atom stereocenters. The van der Waals surface area contributed by atoms with Gasteiger partial charge in [0.2, 0.25) is 0 Å². The molecule has 0 fully saturated rings. The molecule has 2 heterocycles. The van der Waals surface area contributed by atoms with E-state index in [0.29, 0.717) is 15.8 Å². The summed E-state index contributed by atoms with van der Waals surface area (Å²) in [4.78, 5) is 40.6. The summed E-state index contributed by atoms with van der Waals surface area (Å²) in [6.45, 7) is -0.543. The average Bonchev–Trinajstić information content (AvgIpc) is 2.93. The molecule has 2 rings (SSSR count). The van der Waals surface area contributed by atoms with Crippen LogP contribution in [0.15, 0.2) is 29.1 Å². The number of thiazole rings is 1. The molecule has 22 heavy (non-hydrogen) atoms. The third-order valence-corrected chi connectivity index (χ3v) is 3.49. The minimum Gasteiger partial charge on any atom is -0.452 e. The zero-order valence-corrected chi connectivity index (χ0v) is 13.1. The number of nitro groups is 1. The lowest BCUT2D eigenvalue weighted by molar-refractivity contribution is -0.380. The molecule has 1 N–H and O–H groups in total. The number of esters is 1. The van der Waals surface area contributed by atoms with Crippen LogP contribution in [0.1, 0.15) is 10.4 Å². The number of anilines is 1. The number of amides is 1. The van der Waals surface area contributed by atoms with Crippen LogP contribution < -0.4 is 5.32 Å². The zero-order valence-electron chi connectivity index (χ0n) is 10.7. The third kappa shape index (κ3) is 4.30. The van der Waals surface area contributed by atoms with Gasteiger partial charge in [0.25, 0.3) is 5.91 Å². The molecule has 11 heteroatoms. The molecule has 0 spiro atoms. The van der Waals surface area contributed by atoms with Gasteiger partial charge < -0.3 is 4.74 Å². The second-order valence-electron chi connectivity index (χ2n) is 3.78. The number of hydrogen-bond donors (Lipinski definition) is 1. The van der Waals surface area contributed by atoms with E-state index < -0.39 is 23.4 Å². The van der Waals surface area contributed by atoms with E-state index in [4.69, 9.17) is 4.74 Å². The van der Waals surface area contributed by atoms with Crippen molar-refractivity contribution >= 4 is 49.3 Å². The van der Waals surface area contributed by atoms with Crippen molar-refractivity contribution in [1.29, 1.82) is 0 Å². The summed E-state index contributed by atoms with van der Waals surface area (Å²) in [7, 11) is 0. The van der Waals surface area contributed by atoms with Crippen molar-refractivity contribution < 1.29 is 19.2 Å². The lowest BCUT2D eigenvalue weighted by Crippen LogP contribution is -2.20. The Morgan fingerprint density at radius 3 is 2.82 bits per heavy atom. The number of carbonyl (C=O) groups excluding carboxylic acids is 2. The number of rotatable bonds is 5. The summed E-state index contributed by atoms with van der Waals surface area (Å²) >= 11 is 3.86. The highest BCUT2D eigenvalue weighted by atomic mass is 79.9. The van der Waals surface area contributed by atoms with Gasteiger partial charge in [0.05, 0.1) is 10.5 Å². The zero-order chi connectivity index (χ0) is 16.1. The summed E-state index contributed by atoms with van der Waals surface area (Å²) in [6, 6.07) is 1.50. The van der Waals surface area contributed by atoms with Crippen LogP contribution in [0.25, 0.3) is 0 Å². The van der Waals surface area contributed by atoms with E-state index in [9.17, 15) is 19.7 Å². The predicted molar refractivity (Wildman–Crippen MR) is 79.6 cm³/mol. The van der Waals surface area contributed by atoms with Crippen molar-refractivity contribution in [2.75, 3.05) is 11.9 Å². The van der Waals surface area contributed by atoms with Gasteiger partial charge in [-0.2, -0.15) is 0 Å². The van der Waals surface area contributed by atoms with Gasteiger partial charge in [-0.25, -0.2) is 9.78 Å². The van der Waals surface area contributed by atoms with Gasteiger partial charge in [0.1, 0.15) is 6.20 Å². The highest BCUT2D eigenvalue weighted by Crippen LogP contribution is 2.24. The van der Waals surface area contributed by atoms with Gasteiger partial charge in [-0.15, -0.1) is 0 Å². The van der Waals surface area contributed by atoms with Crippen LogP contribution in [0.4, 0.5) is 10.1 Å². The first-order chi connectivity index (χ1) is 10.5. The molecular weight excluding hydrogens is 380 g/mol. The molecule has 0 aromatic carbocycles. The second kappa shape index (κ2) is 7.04. The van der Waals surface area contributed by atoms with Crippen LogP contribution >= 0.6 is 27.3 Å². The Morgan fingerprint density at radius 1 is 1.41 bits per heavy atom. The van der Waals surface area contributed by atoms with E-state index in [2.05, 4.69) is 31.2 Å². The summed E-state index contributed by atoms with van der Waals surface area (Å²) in [6.07, 6.45) is 3.83. The molecule has 0 aliphatic carbocycles. The lowest BCUT2D eigenvalue weighted by atomic mass is 10.3. The Morgan fingerprint density at radius 2 is 2.18 bits per heavy atom. The molecule has 1 amide bonds. The number of pyridine rings is 1. The van der Waals surface area contributed by atoms with Crippen molar-refractivity contribution in [3.05, 3.63) is 44.8 Å². The lowest BCUT2D eigenvalue weighted by Gasteiger charge is -2.04. The fraction of sp³-hybridized carbons (Fsp3) is 0.0909. The largest absolute Gasteiger partial charge is 0.452 e. The van der Waals surface area contributed by atoms with E-state index in [0.717, 1.165) is 6.20 Å². The molecule has 0 aliphatic heterocycles. The Hall–Kier alpha value is -2.40. The third-order valence-electron chi connectivity index (χ3n) is 2.19. The van der Waals surface area contributed by atoms with Crippen LogP contribution in [0.3, 0.4) is 0 Å². The van der Waals surface area contributed by atoms with E-state index in [1.165, 1.54) is 18.5 Å². The fourth-order valence-electron chi connectivity index (χ4n) is 1.30. The molecule has 2 aromatic rings. The minimum absolute atomic E-state index is 0.0527. The Balaban J connectivity index is 1.87. The monoisotopic (exact) mass is 386 g/mol. The first-order valence-electron chi connectivity index (χ1n) is 5.63. The molecule has 0 saturated carbocycles. The first kappa shape index (κ1) is 16.0. The maximum Gasteiger partial charge on any atom is 0.345 e. The number of nitrogens with one attached hydrogen (secondary N) is 1. The number of halogens is 1. The van der Waals surface area contributed by atoms with E-state index in [1.54, 1.807) is 0 Å². The average molecular weight is 387 g/mol. The van der Waals surface area contributed by atoms with Crippen LogP contribution in [0.2, 0.25) is 0 Å². The normalized spacial score (nSPS) is 10.0. The molecule has 0 radical (unpaired) electrons. The fourth-order valence-corrected chi connectivity index (χ4v) is 2.31. The van der Waals surface area contributed by atoms with E-state index >= 15 is 0 Å². The topological polar surface area (TPSA) is 124 Å². The minimum atomic E-state index is -0.714. The molecule has 0 atom stereocenters. The van der Waals surface area contributed by atoms with Gasteiger partial charge in [0, 0.05) is 16.9 Å². The van der Waals surface area contributed by atoms with E-state index in [1.807, 2.05) is 0 Å². The highest BCUT2D eigenvalue weighted by molar-refractivity contribution is 9.10. The SMILES string of the molecule is O=C(COC(=O)c1cncc(Br)c1)Nc1ncc([N+](=O)[O-])s1.